The molecule has 2 heterocycles. The summed E-state index contributed by atoms with van der Waals surface area (Å²) in [5.74, 6) is 0. The van der Waals surface area contributed by atoms with E-state index in [1.807, 2.05) is 45.0 Å². The summed E-state index contributed by atoms with van der Waals surface area (Å²) in [5, 5.41) is 17.7. The zero-order valence-electron chi connectivity index (χ0n) is 18.2. The van der Waals surface area contributed by atoms with Crippen molar-refractivity contribution in [3.63, 3.8) is 0 Å². The maximum Gasteiger partial charge on any atom is 0.131 e. The van der Waals surface area contributed by atoms with E-state index in [0.717, 1.165) is 43.4 Å². The summed E-state index contributed by atoms with van der Waals surface area (Å²) in [4.78, 5) is 0. The van der Waals surface area contributed by atoms with Crippen LogP contribution in [0, 0.1) is 6.92 Å². The van der Waals surface area contributed by atoms with Gasteiger partial charge in [-0.2, -0.15) is 0 Å². The molecule has 0 bridgehead atoms. The molecule has 1 aromatic carbocycles. The third-order valence-corrected chi connectivity index (χ3v) is 5.85. The highest BCUT2D eigenvalue weighted by molar-refractivity contribution is 5.68. The van der Waals surface area contributed by atoms with Crippen LogP contribution in [-0.2, 0) is 5.54 Å². The van der Waals surface area contributed by atoms with Crippen LogP contribution in [0.15, 0.2) is 60.4 Å². The van der Waals surface area contributed by atoms with Crippen molar-refractivity contribution in [2.75, 3.05) is 6.54 Å². The van der Waals surface area contributed by atoms with Gasteiger partial charge >= 0.3 is 0 Å². The monoisotopic (exact) mass is 393 g/mol. The molecule has 0 spiro atoms. The van der Waals surface area contributed by atoms with Gasteiger partial charge in [0.2, 0.25) is 0 Å². The Bertz CT molecular complexity index is 880. The van der Waals surface area contributed by atoms with E-state index < -0.39 is 6.23 Å². The molecule has 0 fully saturated rings. The first-order valence-corrected chi connectivity index (χ1v) is 11.0. The van der Waals surface area contributed by atoms with Gasteiger partial charge in [-0.15, -0.1) is 0 Å². The molecule has 1 aliphatic heterocycles. The number of hydrogen-bond acceptors (Lipinski definition) is 3. The van der Waals surface area contributed by atoms with Crippen LogP contribution in [0.3, 0.4) is 0 Å². The summed E-state index contributed by atoms with van der Waals surface area (Å²) in [6.07, 6.45) is 10.3. The van der Waals surface area contributed by atoms with E-state index in [1.165, 1.54) is 17.1 Å². The number of fused-ring (bicyclic) bond motifs is 3. The molecule has 0 amide bonds. The molecule has 0 radical (unpaired) electrons. The third-order valence-electron chi connectivity index (χ3n) is 5.85. The number of nitrogens with zero attached hydrogens (tertiary/aromatic N) is 1. The number of rotatable bonds is 6. The fraction of sp³-hybridized carbons (Fsp3) is 0.440. The highest BCUT2D eigenvalue weighted by Gasteiger charge is 2.38. The van der Waals surface area contributed by atoms with E-state index in [0.29, 0.717) is 0 Å². The standard InChI is InChI=1S/C23H29N3O.C2H6/c1-3-23(13-14-24-22(27)18-9-6-8-17(2)16-18)21-12-7-15-26(21)20-11-5-4-10-19(20)25-23;1-2/h6-12,15-16,22,24-25,27H,3-5,13-14H2,1-2H3;1-2H3. The molecule has 2 aromatic rings. The van der Waals surface area contributed by atoms with Crippen LogP contribution in [0.5, 0.6) is 0 Å². The molecule has 3 N–H and O–H groups in total. The normalized spacial score (nSPS) is 20.9. The van der Waals surface area contributed by atoms with Crippen molar-refractivity contribution in [2.45, 2.75) is 65.1 Å². The summed E-state index contributed by atoms with van der Waals surface area (Å²) in [5.41, 5.74) is 5.78. The number of nitrogens with one attached hydrogen (secondary N) is 2. The van der Waals surface area contributed by atoms with Crippen molar-refractivity contribution in [2.24, 2.45) is 0 Å². The first-order chi connectivity index (χ1) is 14.1. The fourth-order valence-corrected chi connectivity index (χ4v) is 4.33. The van der Waals surface area contributed by atoms with E-state index in [9.17, 15) is 5.11 Å². The van der Waals surface area contributed by atoms with Crippen molar-refractivity contribution in [1.82, 2.24) is 15.2 Å². The fourth-order valence-electron chi connectivity index (χ4n) is 4.33. The Morgan fingerprint density at radius 2 is 1.97 bits per heavy atom. The van der Waals surface area contributed by atoms with Crippen LogP contribution >= 0.6 is 0 Å². The first-order valence-electron chi connectivity index (χ1n) is 11.0. The van der Waals surface area contributed by atoms with Gasteiger partial charge in [-0.05, 0) is 50.3 Å². The smallest absolute Gasteiger partial charge is 0.131 e. The SMILES string of the molecule is CC.CCC1(CCNC(O)c2cccc(C)c2)NC2=CCCC=C2n2cccc21. The van der Waals surface area contributed by atoms with Gasteiger partial charge in [0.15, 0.2) is 0 Å². The zero-order valence-corrected chi connectivity index (χ0v) is 18.2. The van der Waals surface area contributed by atoms with Crippen molar-refractivity contribution >= 4 is 5.70 Å². The van der Waals surface area contributed by atoms with Crippen LogP contribution in [0.25, 0.3) is 5.70 Å². The highest BCUT2D eigenvalue weighted by atomic mass is 16.3. The molecular weight excluding hydrogens is 358 g/mol. The quantitative estimate of drug-likeness (QED) is 0.590. The van der Waals surface area contributed by atoms with Crippen molar-refractivity contribution in [1.29, 1.82) is 0 Å². The van der Waals surface area contributed by atoms with Gasteiger partial charge in [-0.3, -0.25) is 5.32 Å². The number of aromatic nitrogens is 1. The summed E-state index contributed by atoms with van der Waals surface area (Å²) in [6.45, 7) is 9.01. The predicted molar refractivity (Wildman–Crippen MR) is 121 cm³/mol. The van der Waals surface area contributed by atoms with E-state index >= 15 is 0 Å². The number of hydrogen-bond donors (Lipinski definition) is 3. The van der Waals surface area contributed by atoms with Crippen LogP contribution in [0.4, 0.5) is 0 Å². The Morgan fingerprint density at radius 3 is 2.72 bits per heavy atom. The molecule has 2 atom stereocenters. The minimum absolute atomic E-state index is 0.122. The highest BCUT2D eigenvalue weighted by Crippen LogP contribution is 2.39. The third kappa shape index (κ3) is 4.34. The number of allylic oxidation sites excluding steroid dienone is 3. The lowest BCUT2D eigenvalue weighted by Crippen LogP contribution is -2.49. The zero-order chi connectivity index (χ0) is 20.9. The number of aryl methyl sites for hydroxylation is 1. The van der Waals surface area contributed by atoms with Gasteiger partial charge in [0.25, 0.3) is 0 Å². The average Bonchev–Trinajstić information content (AvgIpc) is 3.26. The molecular formula is C25H35N3O. The van der Waals surface area contributed by atoms with Gasteiger partial charge in [0.1, 0.15) is 6.23 Å². The van der Waals surface area contributed by atoms with E-state index in [2.05, 4.69) is 52.6 Å². The Hall–Kier alpha value is -2.30. The van der Waals surface area contributed by atoms with Gasteiger partial charge in [0.05, 0.1) is 16.9 Å². The van der Waals surface area contributed by atoms with Crippen LogP contribution < -0.4 is 10.6 Å². The molecule has 156 valence electrons. The van der Waals surface area contributed by atoms with Crippen molar-refractivity contribution < 1.29 is 5.11 Å². The first kappa shape index (κ1) is 21.4. The second-order valence-electron chi connectivity index (χ2n) is 7.63. The number of aliphatic hydroxyl groups is 1. The largest absolute Gasteiger partial charge is 0.374 e. The molecule has 1 aliphatic carbocycles. The Balaban J connectivity index is 0.00000117. The minimum atomic E-state index is -0.640. The molecule has 1 aromatic heterocycles. The summed E-state index contributed by atoms with van der Waals surface area (Å²) < 4.78 is 2.34. The molecule has 4 heteroatoms. The average molecular weight is 394 g/mol. The van der Waals surface area contributed by atoms with Gasteiger partial charge in [-0.25, -0.2) is 0 Å². The number of benzene rings is 1. The maximum absolute atomic E-state index is 10.5. The number of aliphatic hydroxyl groups excluding tert-OH is 1. The summed E-state index contributed by atoms with van der Waals surface area (Å²) in [7, 11) is 0. The molecule has 0 saturated carbocycles. The van der Waals surface area contributed by atoms with E-state index in [1.54, 1.807) is 0 Å². The van der Waals surface area contributed by atoms with E-state index in [4.69, 9.17) is 0 Å². The summed E-state index contributed by atoms with van der Waals surface area (Å²) >= 11 is 0. The molecule has 29 heavy (non-hydrogen) atoms. The molecule has 2 aliphatic rings. The Kier molecular flexibility index (Phi) is 6.99. The Morgan fingerprint density at radius 1 is 1.17 bits per heavy atom. The lowest BCUT2D eigenvalue weighted by molar-refractivity contribution is 0.133. The van der Waals surface area contributed by atoms with Crippen LogP contribution in [0.2, 0.25) is 0 Å². The molecule has 4 rings (SSSR count). The minimum Gasteiger partial charge on any atom is -0.374 e. The van der Waals surface area contributed by atoms with Crippen LogP contribution in [-0.4, -0.2) is 16.2 Å². The van der Waals surface area contributed by atoms with Crippen molar-refractivity contribution in [3.05, 3.63) is 77.3 Å². The Labute approximate surface area is 175 Å². The van der Waals surface area contributed by atoms with Gasteiger partial charge in [-0.1, -0.05) is 62.8 Å². The van der Waals surface area contributed by atoms with E-state index in [-0.39, 0.29) is 5.54 Å². The lowest BCUT2D eigenvalue weighted by atomic mass is 9.84. The topological polar surface area (TPSA) is 49.2 Å². The van der Waals surface area contributed by atoms with Gasteiger partial charge in [0, 0.05) is 18.4 Å². The van der Waals surface area contributed by atoms with Gasteiger partial charge < -0.3 is 15.0 Å². The second kappa shape index (κ2) is 9.47. The van der Waals surface area contributed by atoms with Crippen molar-refractivity contribution in [3.8, 4) is 0 Å². The van der Waals surface area contributed by atoms with Crippen LogP contribution in [0.1, 0.15) is 69.5 Å². The molecule has 4 nitrogen and oxygen atoms in total. The predicted octanol–water partition coefficient (Wildman–Crippen LogP) is 5.22. The molecule has 2 unspecified atom stereocenters. The maximum atomic E-state index is 10.5. The summed E-state index contributed by atoms with van der Waals surface area (Å²) in [6, 6.07) is 12.4. The second-order valence-corrected chi connectivity index (χ2v) is 7.63. The molecule has 0 saturated heterocycles. The lowest BCUT2D eigenvalue weighted by Gasteiger charge is -2.43.